The highest BCUT2D eigenvalue weighted by Crippen LogP contribution is 2.16. The lowest BCUT2D eigenvalue weighted by atomic mass is 9.97. The maximum Gasteiger partial charge on any atom is 0.296 e. The van der Waals surface area contributed by atoms with Crippen LogP contribution in [0.4, 0.5) is 0 Å². The number of amides is 1. The summed E-state index contributed by atoms with van der Waals surface area (Å²) in [6.45, 7) is 0. The van der Waals surface area contributed by atoms with Crippen molar-refractivity contribution in [3.8, 4) is 10.8 Å². The van der Waals surface area contributed by atoms with Gasteiger partial charge < -0.3 is 5.32 Å². The molecular formula is C11H16BrNO. The SMILES string of the molecule is O=C(C#CBr)NC1CCCCCCC1. The van der Waals surface area contributed by atoms with Crippen LogP contribution in [-0.2, 0) is 4.79 Å². The van der Waals surface area contributed by atoms with Crippen molar-refractivity contribution in [1.82, 2.24) is 5.32 Å². The molecule has 1 amide bonds. The van der Waals surface area contributed by atoms with Crippen molar-refractivity contribution in [1.29, 1.82) is 0 Å². The third kappa shape index (κ3) is 4.66. The van der Waals surface area contributed by atoms with Crippen molar-refractivity contribution >= 4 is 21.8 Å². The molecular weight excluding hydrogens is 242 g/mol. The second kappa shape index (κ2) is 6.89. The van der Waals surface area contributed by atoms with Crippen LogP contribution >= 0.6 is 15.9 Å². The normalized spacial score (nSPS) is 18.6. The smallest absolute Gasteiger partial charge is 0.296 e. The lowest BCUT2D eigenvalue weighted by molar-refractivity contribution is -0.116. The van der Waals surface area contributed by atoms with Gasteiger partial charge in [-0.05, 0) is 17.7 Å². The predicted octanol–water partition coefficient (Wildman–Crippen LogP) is 2.57. The molecule has 0 heterocycles. The fourth-order valence-corrected chi connectivity index (χ4v) is 2.04. The lowest BCUT2D eigenvalue weighted by Crippen LogP contribution is -2.34. The van der Waals surface area contributed by atoms with Gasteiger partial charge in [-0.25, -0.2) is 0 Å². The standard InChI is InChI=1S/C11H16BrNO/c12-9-8-11(14)13-10-6-4-2-1-3-5-7-10/h10H,1-7H2,(H,13,14). The molecule has 14 heavy (non-hydrogen) atoms. The summed E-state index contributed by atoms with van der Waals surface area (Å²) in [7, 11) is 0. The molecule has 0 aromatic rings. The molecule has 1 aliphatic carbocycles. The van der Waals surface area contributed by atoms with Crippen molar-refractivity contribution in [2.45, 2.75) is 51.0 Å². The zero-order valence-corrected chi connectivity index (χ0v) is 9.90. The van der Waals surface area contributed by atoms with Gasteiger partial charge >= 0.3 is 0 Å². The average Bonchev–Trinajstić information content (AvgIpc) is 2.10. The lowest BCUT2D eigenvalue weighted by Gasteiger charge is -2.19. The highest BCUT2D eigenvalue weighted by molar-refractivity contribution is 9.12. The Hall–Kier alpha value is -0.490. The van der Waals surface area contributed by atoms with Gasteiger partial charge in [0.2, 0.25) is 0 Å². The van der Waals surface area contributed by atoms with Crippen molar-refractivity contribution < 1.29 is 4.79 Å². The summed E-state index contributed by atoms with van der Waals surface area (Å²) in [6.07, 6.45) is 8.62. The Bertz CT molecular complexity index is 233. The molecule has 0 atom stereocenters. The minimum Gasteiger partial charge on any atom is -0.343 e. The van der Waals surface area contributed by atoms with E-state index in [2.05, 4.69) is 32.0 Å². The van der Waals surface area contributed by atoms with Crippen LogP contribution < -0.4 is 5.32 Å². The monoisotopic (exact) mass is 257 g/mol. The summed E-state index contributed by atoms with van der Waals surface area (Å²) < 4.78 is 0. The van der Waals surface area contributed by atoms with Gasteiger partial charge in [0.05, 0.1) is 0 Å². The van der Waals surface area contributed by atoms with Gasteiger partial charge in [-0.1, -0.05) is 32.1 Å². The maximum absolute atomic E-state index is 11.2. The molecule has 0 radical (unpaired) electrons. The summed E-state index contributed by atoms with van der Waals surface area (Å²) in [6, 6.07) is 0.344. The van der Waals surface area contributed by atoms with Crippen LogP contribution in [0.5, 0.6) is 0 Å². The fourth-order valence-electron chi connectivity index (χ4n) is 1.86. The van der Waals surface area contributed by atoms with Crippen molar-refractivity contribution in [2.24, 2.45) is 0 Å². The molecule has 2 nitrogen and oxygen atoms in total. The number of halogens is 1. The van der Waals surface area contributed by atoms with Gasteiger partial charge in [0.15, 0.2) is 0 Å². The third-order valence-corrected chi connectivity index (χ3v) is 2.80. The molecule has 0 aliphatic heterocycles. The minimum atomic E-state index is -0.160. The topological polar surface area (TPSA) is 29.1 Å². The fraction of sp³-hybridized carbons (Fsp3) is 0.727. The van der Waals surface area contributed by atoms with E-state index in [1.165, 1.54) is 32.1 Å². The van der Waals surface area contributed by atoms with Crippen LogP contribution in [0, 0.1) is 10.8 Å². The molecule has 0 saturated heterocycles. The summed E-state index contributed by atoms with van der Waals surface area (Å²) in [4.78, 5) is 13.6. The Balaban J connectivity index is 2.32. The number of rotatable bonds is 1. The van der Waals surface area contributed by atoms with E-state index in [1.807, 2.05) is 0 Å². The van der Waals surface area contributed by atoms with E-state index in [0.29, 0.717) is 6.04 Å². The van der Waals surface area contributed by atoms with E-state index in [9.17, 15) is 4.79 Å². The molecule has 3 heteroatoms. The van der Waals surface area contributed by atoms with Crippen LogP contribution in [0.3, 0.4) is 0 Å². The van der Waals surface area contributed by atoms with Gasteiger partial charge in [0.1, 0.15) is 0 Å². The largest absolute Gasteiger partial charge is 0.343 e. The summed E-state index contributed by atoms with van der Waals surface area (Å²) in [5, 5.41) is 2.94. The quantitative estimate of drug-likeness (QED) is 0.719. The van der Waals surface area contributed by atoms with Crippen LogP contribution in [0.15, 0.2) is 0 Å². The van der Waals surface area contributed by atoms with Crippen LogP contribution in [0.1, 0.15) is 44.9 Å². The second-order valence-corrected chi connectivity index (χ2v) is 4.13. The van der Waals surface area contributed by atoms with E-state index in [4.69, 9.17) is 0 Å². The zero-order valence-electron chi connectivity index (χ0n) is 8.31. The Morgan fingerprint density at radius 3 is 2.29 bits per heavy atom. The Morgan fingerprint density at radius 2 is 1.71 bits per heavy atom. The van der Waals surface area contributed by atoms with Crippen LogP contribution in [0.25, 0.3) is 0 Å². The Labute approximate surface area is 94.0 Å². The second-order valence-electron chi connectivity index (χ2n) is 3.73. The van der Waals surface area contributed by atoms with Gasteiger partial charge in [0, 0.05) is 27.9 Å². The number of nitrogens with one attached hydrogen (secondary N) is 1. The van der Waals surface area contributed by atoms with Gasteiger partial charge in [-0.3, -0.25) is 4.79 Å². The summed E-state index contributed by atoms with van der Waals surface area (Å²) in [5.41, 5.74) is 0. The van der Waals surface area contributed by atoms with E-state index in [0.717, 1.165) is 12.8 Å². The molecule has 1 N–H and O–H groups in total. The molecule has 1 rings (SSSR count). The molecule has 78 valence electrons. The van der Waals surface area contributed by atoms with Gasteiger partial charge in [-0.2, -0.15) is 0 Å². The summed E-state index contributed by atoms with van der Waals surface area (Å²) in [5.74, 6) is 2.29. The summed E-state index contributed by atoms with van der Waals surface area (Å²) >= 11 is 2.92. The van der Waals surface area contributed by atoms with Crippen LogP contribution in [0.2, 0.25) is 0 Å². The number of carbonyl (C=O) groups excluding carboxylic acids is 1. The first-order valence-electron chi connectivity index (χ1n) is 5.25. The molecule has 0 aromatic carbocycles. The number of carbonyl (C=O) groups is 1. The third-order valence-electron chi connectivity index (χ3n) is 2.60. The molecule has 0 unspecified atom stereocenters. The average molecular weight is 258 g/mol. The Kier molecular flexibility index (Phi) is 5.70. The first-order chi connectivity index (χ1) is 6.83. The molecule has 0 spiro atoms. The number of hydrogen-bond donors (Lipinski definition) is 1. The van der Waals surface area contributed by atoms with Gasteiger partial charge in [-0.15, -0.1) is 0 Å². The molecule has 1 saturated carbocycles. The van der Waals surface area contributed by atoms with E-state index in [1.54, 1.807) is 0 Å². The van der Waals surface area contributed by atoms with E-state index in [-0.39, 0.29) is 5.91 Å². The first kappa shape index (κ1) is 11.6. The Morgan fingerprint density at radius 1 is 1.14 bits per heavy atom. The van der Waals surface area contributed by atoms with Crippen LogP contribution in [-0.4, -0.2) is 11.9 Å². The molecule has 0 aromatic heterocycles. The number of hydrogen-bond acceptors (Lipinski definition) is 1. The first-order valence-corrected chi connectivity index (χ1v) is 6.04. The highest BCUT2D eigenvalue weighted by atomic mass is 79.9. The van der Waals surface area contributed by atoms with E-state index >= 15 is 0 Å². The minimum absolute atomic E-state index is 0.160. The molecule has 1 aliphatic rings. The predicted molar refractivity (Wildman–Crippen MR) is 61.0 cm³/mol. The van der Waals surface area contributed by atoms with Crippen molar-refractivity contribution in [3.05, 3.63) is 0 Å². The molecule has 1 fully saturated rings. The highest BCUT2D eigenvalue weighted by Gasteiger charge is 2.12. The zero-order chi connectivity index (χ0) is 10.2. The molecule has 0 bridgehead atoms. The maximum atomic E-state index is 11.2. The van der Waals surface area contributed by atoms with E-state index < -0.39 is 0 Å². The van der Waals surface area contributed by atoms with Crippen molar-refractivity contribution in [3.63, 3.8) is 0 Å². The van der Waals surface area contributed by atoms with Crippen molar-refractivity contribution in [2.75, 3.05) is 0 Å². The van der Waals surface area contributed by atoms with Gasteiger partial charge in [0.25, 0.3) is 5.91 Å².